The molecule has 180 valence electrons. The molecule has 1 saturated carbocycles. The number of benzene rings is 1. The quantitative estimate of drug-likeness (QED) is 0.450. The lowest BCUT2D eigenvalue weighted by Crippen LogP contribution is -2.47. The van der Waals surface area contributed by atoms with Crippen molar-refractivity contribution < 1.29 is 36.7 Å². The van der Waals surface area contributed by atoms with Crippen LogP contribution in [0.25, 0.3) is 0 Å². The van der Waals surface area contributed by atoms with Crippen LogP contribution in [0.3, 0.4) is 0 Å². The third-order valence-corrected chi connectivity index (χ3v) is 6.62. The first-order valence-corrected chi connectivity index (χ1v) is 12.1. The fourth-order valence-corrected chi connectivity index (χ4v) is 4.70. The number of furan rings is 1. The highest BCUT2D eigenvalue weighted by Gasteiger charge is 2.36. The molecule has 34 heavy (non-hydrogen) atoms. The second-order valence-corrected chi connectivity index (χ2v) is 9.37. The lowest BCUT2D eigenvalue weighted by Gasteiger charge is -2.27. The minimum atomic E-state index is -3.76. The van der Waals surface area contributed by atoms with Gasteiger partial charge in [0.2, 0.25) is 10.0 Å². The Morgan fingerprint density at radius 1 is 1.15 bits per heavy atom. The molecular formula is C22H23N3O8S. The molecule has 1 aromatic carbocycles. The fraction of sp³-hybridized carbons (Fsp3) is 0.318. The molecule has 1 aliphatic carbocycles. The van der Waals surface area contributed by atoms with Gasteiger partial charge in [-0.25, -0.2) is 27.5 Å². The van der Waals surface area contributed by atoms with Crippen molar-refractivity contribution >= 4 is 28.0 Å². The van der Waals surface area contributed by atoms with Gasteiger partial charge in [0.25, 0.3) is 0 Å². The van der Waals surface area contributed by atoms with Gasteiger partial charge in [-0.2, -0.15) is 0 Å². The number of nitrogens with one attached hydrogen (secondary N) is 3. The number of hydrogen-bond donors (Lipinski definition) is 3. The van der Waals surface area contributed by atoms with E-state index in [2.05, 4.69) is 15.4 Å². The number of rotatable bonds is 9. The molecule has 2 aliphatic rings. The summed E-state index contributed by atoms with van der Waals surface area (Å²) in [4.78, 5) is 37.5. The van der Waals surface area contributed by atoms with E-state index in [1.165, 1.54) is 30.5 Å². The first kappa shape index (κ1) is 23.5. The van der Waals surface area contributed by atoms with Crippen molar-refractivity contribution in [2.24, 2.45) is 0 Å². The first-order chi connectivity index (χ1) is 16.3. The van der Waals surface area contributed by atoms with Crippen LogP contribution in [-0.4, -0.2) is 45.6 Å². The summed E-state index contributed by atoms with van der Waals surface area (Å²) in [6.45, 7) is 1.26. The van der Waals surface area contributed by atoms with Crippen molar-refractivity contribution in [3.05, 3.63) is 65.3 Å². The van der Waals surface area contributed by atoms with Crippen LogP contribution < -0.4 is 15.4 Å². The molecule has 11 nitrogen and oxygen atoms in total. The zero-order chi connectivity index (χ0) is 24.3. The second-order valence-electron chi connectivity index (χ2n) is 7.66. The standard InChI is InChI=1S/C22H23N3O8S/c1-2-31-21(27)18-16(23-22(28)24-19(18)17-7-4-10-32-17)12-33-20(26)13-5-3-6-15(11-13)34(29,30)25-14-8-9-14/h3-7,10-11,14,19,25H,2,8-9,12H2,1H3,(H2,23,24,28). The molecule has 3 N–H and O–H groups in total. The van der Waals surface area contributed by atoms with Crippen LogP contribution in [-0.2, 0) is 24.3 Å². The highest BCUT2D eigenvalue weighted by atomic mass is 32.2. The first-order valence-electron chi connectivity index (χ1n) is 10.6. The van der Waals surface area contributed by atoms with Crippen LogP contribution in [0, 0.1) is 0 Å². The zero-order valence-electron chi connectivity index (χ0n) is 18.2. The van der Waals surface area contributed by atoms with E-state index in [0.717, 1.165) is 12.8 Å². The maximum atomic E-state index is 12.7. The van der Waals surface area contributed by atoms with E-state index in [-0.39, 0.29) is 34.4 Å². The summed E-state index contributed by atoms with van der Waals surface area (Å²) in [6, 6.07) is 6.96. The largest absolute Gasteiger partial charge is 0.467 e. The highest BCUT2D eigenvalue weighted by molar-refractivity contribution is 7.89. The summed E-state index contributed by atoms with van der Waals surface area (Å²) in [6.07, 6.45) is 2.95. The predicted octanol–water partition coefficient (Wildman–Crippen LogP) is 1.75. The number of carbonyl (C=O) groups is 3. The number of amides is 2. The molecule has 1 aromatic heterocycles. The lowest BCUT2D eigenvalue weighted by atomic mass is 10.0. The molecule has 1 aliphatic heterocycles. The highest BCUT2D eigenvalue weighted by Crippen LogP contribution is 2.28. The molecule has 0 radical (unpaired) electrons. The van der Waals surface area contributed by atoms with Crippen LogP contribution >= 0.6 is 0 Å². The summed E-state index contributed by atoms with van der Waals surface area (Å²) in [5.41, 5.74) is 0.0464. The molecule has 1 atom stereocenters. The molecular weight excluding hydrogens is 466 g/mol. The van der Waals surface area contributed by atoms with Gasteiger partial charge in [-0.1, -0.05) is 6.07 Å². The molecule has 2 aromatic rings. The van der Waals surface area contributed by atoms with Crippen LogP contribution in [0.4, 0.5) is 4.79 Å². The van der Waals surface area contributed by atoms with Gasteiger partial charge < -0.3 is 24.5 Å². The van der Waals surface area contributed by atoms with Gasteiger partial charge >= 0.3 is 18.0 Å². The van der Waals surface area contributed by atoms with E-state index in [1.807, 2.05) is 0 Å². The van der Waals surface area contributed by atoms with Gasteiger partial charge in [0.1, 0.15) is 18.4 Å². The third kappa shape index (κ3) is 5.29. The number of ether oxygens (including phenoxy) is 2. The van der Waals surface area contributed by atoms with E-state index < -0.39 is 40.6 Å². The van der Waals surface area contributed by atoms with E-state index in [9.17, 15) is 22.8 Å². The minimum Gasteiger partial charge on any atom is -0.467 e. The van der Waals surface area contributed by atoms with Crippen molar-refractivity contribution in [3.63, 3.8) is 0 Å². The summed E-state index contributed by atoms with van der Waals surface area (Å²) in [5.74, 6) is -1.26. The Balaban J connectivity index is 1.56. The molecule has 0 saturated heterocycles. The van der Waals surface area contributed by atoms with Gasteiger partial charge in [0.15, 0.2) is 0 Å². The zero-order valence-corrected chi connectivity index (χ0v) is 19.0. The van der Waals surface area contributed by atoms with Gasteiger partial charge in [0.05, 0.1) is 34.6 Å². The third-order valence-electron chi connectivity index (χ3n) is 5.10. The Morgan fingerprint density at radius 3 is 2.62 bits per heavy atom. The van der Waals surface area contributed by atoms with Gasteiger partial charge in [-0.15, -0.1) is 0 Å². The smallest absolute Gasteiger partial charge is 0.338 e. The van der Waals surface area contributed by atoms with Crippen molar-refractivity contribution in [2.75, 3.05) is 13.2 Å². The number of urea groups is 1. The topological polar surface area (TPSA) is 153 Å². The average molecular weight is 490 g/mol. The number of hydrogen-bond acceptors (Lipinski definition) is 8. The number of carbonyl (C=O) groups excluding carboxylic acids is 3. The fourth-order valence-electron chi connectivity index (χ4n) is 3.35. The Morgan fingerprint density at radius 2 is 1.94 bits per heavy atom. The van der Waals surface area contributed by atoms with Crippen molar-refractivity contribution in [1.82, 2.24) is 15.4 Å². The summed E-state index contributed by atoms with van der Waals surface area (Å²) < 4.78 is 43.2. The van der Waals surface area contributed by atoms with Crippen molar-refractivity contribution in [2.45, 2.75) is 36.7 Å². The van der Waals surface area contributed by atoms with E-state index in [1.54, 1.807) is 19.1 Å². The maximum Gasteiger partial charge on any atom is 0.338 e. The molecule has 12 heteroatoms. The Bertz CT molecular complexity index is 1230. The van der Waals surface area contributed by atoms with Crippen LogP contribution in [0.15, 0.2) is 63.2 Å². The van der Waals surface area contributed by atoms with Crippen molar-refractivity contribution in [1.29, 1.82) is 0 Å². The SMILES string of the molecule is CCOC(=O)C1=C(COC(=O)c2cccc(S(=O)(=O)NC3CC3)c2)NC(=O)NC1c1ccco1. The Labute approximate surface area is 195 Å². The molecule has 1 fully saturated rings. The normalized spacial score (nSPS) is 18.1. The van der Waals surface area contributed by atoms with Crippen LogP contribution in [0.5, 0.6) is 0 Å². The number of esters is 2. The minimum absolute atomic E-state index is 0.000183. The number of sulfonamides is 1. The monoisotopic (exact) mass is 489 g/mol. The van der Waals surface area contributed by atoms with Gasteiger partial charge in [-0.3, -0.25) is 0 Å². The molecule has 0 spiro atoms. The summed E-state index contributed by atoms with van der Waals surface area (Å²) >= 11 is 0. The van der Waals surface area contributed by atoms with E-state index in [4.69, 9.17) is 13.9 Å². The molecule has 1 unspecified atom stereocenters. The molecule has 2 amide bonds. The average Bonchev–Trinajstić information content (AvgIpc) is 3.43. The molecule has 2 heterocycles. The Kier molecular flexibility index (Phi) is 6.70. The van der Waals surface area contributed by atoms with Crippen molar-refractivity contribution in [3.8, 4) is 0 Å². The van der Waals surface area contributed by atoms with Crippen LogP contribution in [0.2, 0.25) is 0 Å². The van der Waals surface area contributed by atoms with E-state index >= 15 is 0 Å². The van der Waals surface area contributed by atoms with Gasteiger partial charge in [0, 0.05) is 6.04 Å². The van der Waals surface area contributed by atoms with E-state index in [0.29, 0.717) is 5.76 Å². The van der Waals surface area contributed by atoms with Crippen LogP contribution in [0.1, 0.15) is 41.9 Å². The summed E-state index contributed by atoms with van der Waals surface area (Å²) in [5, 5.41) is 5.06. The summed E-state index contributed by atoms with van der Waals surface area (Å²) in [7, 11) is -3.76. The second kappa shape index (κ2) is 9.69. The molecule has 4 rings (SSSR count). The predicted molar refractivity (Wildman–Crippen MR) is 117 cm³/mol. The molecule has 0 bridgehead atoms. The Hall–Kier alpha value is -3.64. The maximum absolute atomic E-state index is 12.7. The lowest BCUT2D eigenvalue weighted by molar-refractivity contribution is -0.139. The van der Waals surface area contributed by atoms with Gasteiger partial charge in [-0.05, 0) is 50.1 Å².